The molecule has 0 atom stereocenters. The first kappa shape index (κ1) is 23.0. The lowest BCUT2D eigenvalue weighted by Crippen LogP contribution is -2.39. The molecule has 0 unspecified atom stereocenters. The zero-order valence-corrected chi connectivity index (χ0v) is 19.2. The number of para-hydroxylation sites is 1. The Morgan fingerprint density at radius 3 is 2.63 bits per heavy atom. The second-order valence-electron chi connectivity index (χ2n) is 7.19. The number of morpholine rings is 1. The van der Waals surface area contributed by atoms with E-state index in [1.165, 1.54) is 0 Å². The highest BCUT2D eigenvalue weighted by molar-refractivity contribution is 7.22. The number of thiazole rings is 1. The van der Waals surface area contributed by atoms with Crippen molar-refractivity contribution >= 4 is 56.6 Å². The van der Waals surface area contributed by atoms with Crippen LogP contribution in [-0.4, -0.2) is 55.2 Å². The quantitative estimate of drug-likeness (QED) is 0.510. The van der Waals surface area contributed by atoms with Crippen molar-refractivity contribution in [1.82, 2.24) is 9.88 Å². The molecule has 0 saturated carbocycles. The van der Waals surface area contributed by atoms with E-state index in [1.807, 2.05) is 11.0 Å². The molecule has 0 radical (unpaired) electrons. The lowest BCUT2D eigenvalue weighted by molar-refractivity contribution is 0.0376. The minimum absolute atomic E-state index is 0. The van der Waals surface area contributed by atoms with Gasteiger partial charge in [0.1, 0.15) is 0 Å². The second-order valence-corrected chi connectivity index (χ2v) is 8.63. The molecule has 8 heteroatoms. The fourth-order valence-electron chi connectivity index (χ4n) is 3.50. The third-order valence-electron chi connectivity index (χ3n) is 5.14. The van der Waals surface area contributed by atoms with Gasteiger partial charge in [-0.05, 0) is 49.2 Å². The summed E-state index contributed by atoms with van der Waals surface area (Å²) in [6.45, 7) is 7.08. The van der Waals surface area contributed by atoms with Crippen LogP contribution in [0.15, 0.2) is 42.5 Å². The molecule has 5 nitrogen and oxygen atoms in total. The predicted molar refractivity (Wildman–Crippen MR) is 127 cm³/mol. The highest BCUT2D eigenvalue weighted by Gasteiger charge is 2.22. The van der Waals surface area contributed by atoms with Gasteiger partial charge in [0.05, 0.1) is 23.4 Å². The molecule has 0 spiro atoms. The van der Waals surface area contributed by atoms with Crippen molar-refractivity contribution in [2.45, 2.75) is 13.3 Å². The SMILES string of the molecule is Cc1cccc2sc(N(CCCN3CCOCC3)C(=O)c3ccc(Cl)cc3)nc12.Cl. The molecular formula is C22H25Cl2N3O2S. The summed E-state index contributed by atoms with van der Waals surface area (Å²) in [4.78, 5) is 22.3. The molecule has 1 aromatic heterocycles. The van der Waals surface area contributed by atoms with E-state index in [0.29, 0.717) is 17.1 Å². The van der Waals surface area contributed by atoms with Gasteiger partial charge in [0, 0.05) is 36.8 Å². The molecule has 0 N–H and O–H groups in total. The highest BCUT2D eigenvalue weighted by atomic mass is 35.5. The number of carbonyl (C=O) groups is 1. The molecule has 160 valence electrons. The fourth-order valence-corrected chi connectivity index (χ4v) is 4.69. The monoisotopic (exact) mass is 465 g/mol. The molecule has 0 aliphatic carbocycles. The Balaban J connectivity index is 0.00000256. The third-order valence-corrected chi connectivity index (χ3v) is 6.43. The van der Waals surface area contributed by atoms with E-state index in [1.54, 1.807) is 35.6 Å². The number of fused-ring (bicyclic) bond motifs is 1. The Kier molecular flexibility index (Phi) is 8.08. The van der Waals surface area contributed by atoms with Gasteiger partial charge < -0.3 is 4.74 Å². The molecule has 2 heterocycles. The Labute approximate surface area is 192 Å². The van der Waals surface area contributed by atoms with Crippen LogP contribution in [0.5, 0.6) is 0 Å². The van der Waals surface area contributed by atoms with Crippen molar-refractivity contribution in [1.29, 1.82) is 0 Å². The average molecular weight is 466 g/mol. The normalized spacial score (nSPS) is 14.5. The number of carbonyl (C=O) groups excluding carboxylic acids is 1. The maximum absolute atomic E-state index is 13.3. The Hall–Kier alpha value is -1.70. The number of hydrogen-bond acceptors (Lipinski definition) is 5. The topological polar surface area (TPSA) is 45.7 Å². The maximum Gasteiger partial charge on any atom is 0.260 e. The van der Waals surface area contributed by atoms with Crippen LogP contribution < -0.4 is 4.90 Å². The van der Waals surface area contributed by atoms with Gasteiger partial charge in [-0.25, -0.2) is 4.98 Å². The van der Waals surface area contributed by atoms with Gasteiger partial charge in [0.2, 0.25) is 0 Å². The van der Waals surface area contributed by atoms with Crippen molar-refractivity contribution in [2.24, 2.45) is 0 Å². The van der Waals surface area contributed by atoms with Crippen molar-refractivity contribution in [3.8, 4) is 0 Å². The number of aromatic nitrogens is 1. The summed E-state index contributed by atoms with van der Waals surface area (Å²) in [5.41, 5.74) is 2.71. The first-order valence-corrected chi connectivity index (χ1v) is 11.0. The molecule has 1 amide bonds. The molecule has 30 heavy (non-hydrogen) atoms. The van der Waals surface area contributed by atoms with E-state index in [9.17, 15) is 4.79 Å². The molecule has 1 aliphatic rings. The lowest BCUT2D eigenvalue weighted by Gasteiger charge is -2.27. The van der Waals surface area contributed by atoms with E-state index >= 15 is 0 Å². The summed E-state index contributed by atoms with van der Waals surface area (Å²) >= 11 is 7.57. The number of amides is 1. The zero-order chi connectivity index (χ0) is 20.2. The van der Waals surface area contributed by atoms with E-state index in [0.717, 1.165) is 60.2 Å². The van der Waals surface area contributed by atoms with Crippen LogP contribution in [-0.2, 0) is 4.74 Å². The van der Waals surface area contributed by atoms with Crippen LogP contribution in [0.1, 0.15) is 22.3 Å². The van der Waals surface area contributed by atoms with Crippen molar-refractivity contribution < 1.29 is 9.53 Å². The van der Waals surface area contributed by atoms with Crippen LogP contribution in [0.2, 0.25) is 5.02 Å². The largest absolute Gasteiger partial charge is 0.379 e. The van der Waals surface area contributed by atoms with Gasteiger partial charge in [0.15, 0.2) is 5.13 Å². The first-order chi connectivity index (χ1) is 14.1. The molecule has 4 rings (SSSR count). The van der Waals surface area contributed by atoms with Gasteiger partial charge in [-0.1, -0.05) is 35.1 Å². The molecule has 2 aromatic carbocycles. The van der Waals surface area contributed by atoms with E-state index < -0.39 is 0 Å². The Morgan fingerprint density at radius 2 is 1.93 bits per heavy atom. The number of ether oxygens (including phenoxy) is 1. The highest BCUT2D eigenvalue weighted by Crippen LogP contribution is 2.31. The molecule has 3 aromatic rings. The van der Waals surface area contributed by atoms with Gasteiger partial charge in [-0.2, -0.15) is 0 Å². The van der Waals surface area contributed by atoms with Crippen LogP contribution in [0, 0.1) is 6.92 Å². The Bertz CT molecular complexity index is 988. The summed E-state index contributed by atoms with van der Waals surface area (Å²) < 4.78 is 6.52. The standard InChI is InChI=1S/C22H24ClN3O2S.ClH/c1-16-4-2-5-19-20(16)24-22(29-19)26(11-3-10-25-12-14-28-15-13-25)21(27)17-6-8-18(23)9-7-17;/h2,4-9H,3,10-15H2,1H3;1H. The van der Waals surface area contributed by atoms with Crippen LogP contribution in [0.4, 0.5) is 5.13 Å². The number of rotatable bonds is 6. The lowest BCUT2D eigenvalue weighted by atomic mass is 10.2. The third kappa shape index (κ3) is 5.31. The van der Waals surface area contributed by atoms with Gasteiger partial charge in [-0.15, -0.1) is 12.4 Å². The molecule has 1 saturated heterocycles. The van der Waals surface area contributed by atoms with Crippen molar-refractivity contribution in [3.63, 3.8) is 0 Å². The predicted octanol–water partition coefficient (Wildman–Crippen LogP) is 5.05. The van der Waals surface area contributed by atoms with Crippen LogP contribution >= 0.6 is 35.3 Å². The minimum atomic E-state index is -0.0413. The zero-order valence-electron chi connectivity index (χ0n) is 16.8. The van der Waals surface area contributed by atoms with Gasteiger partial charge in [0.25, 0.3) is 5.91 Å². The summed E-state index contributed by atoms with van der Waals surface area (Å²) in [5, 5.41) is 1.37. The number of hydrogen-bond donors (Lipinski definition) is 0. The summed E-state index contributed by atoms with van der Waals surface area (Å²) in [6.07, 6.45) is 0.883. The number of aryl methyl sites for hydroxylation is 1. The maximum atomic E-state index is 13.3. The smallest absolute Gasteiger partial charge is 0.260 e. The molecule has 1 fully saturated rings. The van der Waals surface area contributed by atoms with Crippen LogP contribution in [0.3, 0.4) is 0 Å². The summed E-state index contributed by atoms with van der Waals surface area (Å²) in [6, 6.07) is 13.2. The van der Waals surface area contributed by atoms with Gasteiger partial charge >= 0.3 is 0 Å². The van der Waals surface area contributed by atoms with Crippen molar-refractivity contribution in [2.75, 3.05) is 44.3 Å². The summed E-state index contributed by atoms with van der Waals surface area (Å²) in [5.74, 6) is -0.0413. The number of anilines is 1. The number of benzene rings is 2. The molecule has 0 bridgehead atoms. The van der Waals surface area contributed by atoms with Crippen molar-refractivity contribution in [3.05, 3.63) is 58.6 Å². The number of nitrogens with zero attached hydrogens (tertiary/aromatic N) is 3. The molecular weight excluding hydrogens is 441 g/mol. The minimum Gasteiger partial charge on any atom is -0.379 e. The van der Waals surface area contributed by atoms with Crippen LogP contribution in [0.25, 0.3) is 10.2 Å². The van der Waals surface area contributed by atoms with Gasteiger partial charge in [-0.3, -0.25) is 14.6 Å². The van der Waals surface area contributed by atoms with E-state index in [4.69, 9.17) is 21.3 Å². The number of halogens is 2. The summed E-state index contributed by atoms with van der Waals surface area (Å²) in [7, 11) is 0. The first-order valence-electron chi connectivity index (χ1n) is 9.85. The Morgan fingerprint density at radius 1 is 1.20 bits per heavy atom. The fraction of sp³-hybridized carbons (Fsp3) is 0.364. The molecule has 1 aliphatic heterocycles. The average Bonchev–Trinajstić information content (AvgIpc) is 3.17. The second kappa shape index (κ2) is 10.6. The van der Waals surface area contributed by atoms with E-state index in [2.05, 4.69) is 24.0 Å². The van der Waals surface area contributed by atoms with E-state index in [-0.39, 0.29) is 18.3 Å².